The SMILES string of the molecule is CCc1cnccc1NC(=O)c1c(Br)cnn1CC. The molecule has 6 heteroatoms. The Kier molecular flexibility index (Phi) is 4.31. The van der Waals surface area contributed by atoms with Gasteiger partial charge in [-0.1, -0.05) is 6.92 Å². The van der Waals surface area contributed by atoms with Crippen molar-refractivity contribution < 1.29 is 4.79 Å². The van der Waals surface area contributed by atoms with Crippen LogP contribution < -0.4 is 5.32 Å². The number of hydrogen-bond donors (Lipinski definition) is 1. The van der Waals surface area contributed by atoms with Gasteiger partial charge in [0.15, 0.2) is 0 Å². The summed E-state index contributed by atoms with van der Waals surface area (Å²) < 4.78 is 2.35. The summed E-state index contributed by atoms with van der Waals surface area (Å²) in [5, 5.41) is 7.05. The standard InChI is InChI=1S/C13H15BrN4O/c1-3-9-7-15-6-5-11(9)17-13(19)12-10(14)8-16-18(12)4-2/h5-8H,3-4H2,1-2H3,(H,15,17,19). The Morgan fingerprint density at radius 1 is 1.42 bits per heavy atom. The minimum Gasteiger partial charge on any atom is -0.320 e. The Labute approximate surface area is 120 Å². The van der Waals surface area contributed by atoms with Gasteiger partial charge >= 0.3 is 0 Å². The third-order valence-electron chi connectivity index (χ3n) is 2.84. The van der Waals surface area contributed by atoms with Crippen molar-refractivity contribution in [1.29, 1.82) is 0 Å². The molecule has 0 radical (unpaired) electrons. The lowest BCUT2D eigenvalue weighted by atomic mass is 10.2. The normalized spacial score (nSPS) is 10.5. The van der Waals surface area contributed by atoms with Gasteiger partial charge in [-0.3, -0.25) is 14.5 Å². The van der Waals surface area contributed by atoms with Crippen LogP contribution in [0.1, 0.15) is 29.9 Å². The maximum absolute atomic E-state index is 12.3. The van der Waals surface area contributed by atoms with Crippen molar-refractivity contribution in [3.63, 3.8) is 0 Å². The first kappa shape index (κ1) is 13.7. The number of aromatic nitrogens is 3. The zero-order valence-corrected chi connectivity index (χ0v) is 12.4. The summed E-state index contributed by atoms with van der Waals surface area (Å²) in [6, 6.07) is 1.80. The second-order valence-electron chi connectivity index (χ2n) is 4.00. The number of carbonyl (C=O) groups is 1. The molecule has 1 amide bonds. The van der Waals surface area contributed by atoms with E-state index in [1.54, 1.807) is 29.3 Å². The van der Waals surface area contributed by atoms with Gasteiger partial charge in [-0.2, -0.15) is 5.10 Å². The fraction of sp³-hybridized carbons (Fsp3) is 0.308. The van der Waals surface area contributed by atoms with E-state index in [-0.39, 0.29) is 5.91 Å². The molecule has 0 aliphatic carbocycles. The maximum atomic E-state index is 12.3. The Morgan fingerprint density at radius 3 is 2.89 bits per heavy atom. The van der Waals surface area contributed by atoms with Crippen molar-refractivity contribution in [1.82, 2.24) is 14.8 Å². The van der Waals surface area contributed by atoms with Gasteiger partial charge in [0.25, 0.3) is 5.91 Å². The second-order valence-corrected chi connectivity index (χ2v) is 4.85. The van der Waals surface area contributed by atoms with Crippen LogP contribution in [0, 0.1) is 0 Å². The molecule has 100 valence electrons. The predicted octanol–water partition coefficient (Wildman–Crippen LogP) is 2.88. The molecule has 0 aromatic carbocycles. The molecule has 0 saturated heterocycles. The average molecular weight is 323 g/mol. The monoisotopic (exact) mass is 322 g/mol. The highest BCUT2D eigenvalue weighted by Gasteiger charge is 2.17. The van der Waals surface area contributed by atoms with Crippen LogP contribution in [0.25, 0.3) is 0 Å². The molecule has 2 aromatic rings. The minimum absolute atomic E-state index is 0.174. The van der Waals surface area contributed by atoms with Gasteiger partial charge in [0.05, 0.1) is 10.7 Å². The molecule has 0 fully saturated rings. The first-order valence-electron chi connectivity index (χ1n) is 6.12. The van der Waals surface area contributed by atoms with E-state index in [1.165, 1.54) is 0 Å². The molecular formula is C13H15BrN4O. The molecule has 0 atom stereocenters. The Balaban J connectivity index is 2.28. The molecule has 0 aliphatic rings. The molecule has 2 heterocycles. The number of aryl methyl sites for hydroxylation is 2. The van der Waals surface area contributed by atoms with Crippen molar-refractivity contribution in [3.8, 4) is 0 Å². The molecule has 2 aromatic heterocycles. The zero-order chi connectivity index (χ0) is 13.8. The maximum Gasteiger partial charge on any atom is 0.275 e. The van der Waals surface area contributed by atoms with E-state index in [1.807, 2.05) is 13.8 Å². The van der Waals surface area contributed by atoms with Crippen LogP contribution in [0.15, 0.2) is 29.1 Å². The van der Waals surface area contributed by atoms with E-state index in [4.69, 9.17) is 0 Å². The van der Waals surface area contributed by atoms with E-state index in [0.29, 0.717) is 16.7 Å². The van der Waals surface area contributed by atoms with E-state index < -0.39 is 0 Å². The largest absolute Gasteiger partial charge is 0.320 e. The number of amides is 1. The molecule has 0 spiro atoms. The molecule has 0 saturated carbocycles. The Bertz CT molecular complexity index is 594. The van der Waals surface area contributed by atoms with Crippen LogP contribution in [0.2, 0.25) is 0 Å². The van der Waals surface area contributed by atoms with Gasteiger partial charge in [-0.15, -0.1) is 0 Å². The van der Waals surface area contributed by atoms with Crippen molar-refractivity contribution in [2.75, 3.05) is 5.32 Å². The molecule has 5 nitrogen and oxygen atoms in total. The van der Waals surface area contributed by atoms with Crippen LogP contribution >= 0.6 is 15.9 Å². The highest BCUT2D eigenvalue weighted by Crippen LogP contribution is 2.20. The zero-order valence-electron chi connectivity index (χ0n) is 10.9. The topological polar surface area (TPSA) is 59.8 Å². The van der Waals surface area contributed by atoms with E-state index in [2.05, 4.69) is 31.3 Å². The van der Waals surface area contributed by atoms with E-state index in [9.17, 15) is 4.79 Å². The summed E-state index contributed by atoms with van der Waals surface area (Å²) in [5.74, 6) is -0.174. The Morgan fingerprint density at radius 2 is 2.21 bits per heavy atom. The average Bonchev–Trinajstić information content (AvgIpc) is 2.80. The number of hydrogen-bond acceptors (Lipinski definition) is 3. The number of nitrogens with one attached hydrogen (secondary N) is 1. The van der Waals surface area contributed by atoms with Gasteiger partial charge in [-0.05, 0) is 40.9 Å². The summed E-state index contributed by atoms with van der Waals surface area (Å²) >= 11 is 3.35. The Hall–Kier alpha value is -1.69. The van der Waals surface area contributed by atoms with Crippen LogP contribution in [-0.4, -0.2) is 20.7 Å². The predicted molar refractivity (Wildman–Crippen MR) is 77.2 cm³/mol. The smallest absolute Gasteiger partial charge is 0.275 e. The first-order valence-corrected chi connectivity index (χ1v) is 6.92. The molecular weight excluding hydrogens is 308 g/mol. The summed E-state index contributed by atoms with van der Waals surface area (Å²) in [6.07, 6.45) is 5.88. The van der Waals surface area contributed by atoms with Gasteiger partial charge in [-0.25, -0.2) is 0 Å². The van der Waals surface area contributed by atoms with Crippen molar-refractivity contribution in [3.05, 3.63) is 40.4 Å². The first-order chi connectivity index (χ1) is 9.17. The quantitative estimate of drug-likeness (QED) is 0.941. The molecule has 0 unspecified atom stereocenters. The molecule has 0 bridgehead atoms. The number of anilines is 1. The third-order valence-corrected chi connectivity index (χ3v) is 3.42. The van der Waals surface area contributed by atoms with Crippen LogP contribution in [0.4, 0.5) is 5.69 Å². The lowest BCUT2D eigenvalue weighted by Crippen LogP contribution is -2.18. The lowest BCUT2D eigenvalue weighted by molar-refractivity contribution is 0.101. The fourth-order valence-electron chi connectivity index (χ4n) is 1.84. The van der Waals surface area contributed by atoms with Crippen LogP contribution in [-0.2, 0) is 13.0 Å². The third kappa shape index (κ3) is 2.84. The van der Waals surface area contributed by atoms with Crippen molar-refractivity contribution in [2.45, 2.75) is 26.8 Å². The minimum atomic E-state index is -0.174. The molecule has 19 heavy (non-hydrogen) atoms. The van der Waals surface area contributed by atoms with E-state index >= 15 is 0 Å². The lowest BCUT2D eigenvalue weighted by Gasteiger charge is -2.10. The van der Waals surface area contributed by atoms with Crippen LogP contribution in [0.3, 0.4) is 0 Å². The molecule has 0 aliphatic heterocycles. The molecule has 1 N–H and O–H groups in total. The summed E-state index contributed by atoms with van der Waals surface area (Å²) in [5.41, 5.74) is 2.33. The highest BCUT2D eigenvalue weighted by atomic mass is 79.9. The number of halogens is 1. The number of pyridine rings is 1. The van der Waals surface area contributed by atoms with Crippen LogP contribution in [0.5, 0.6) is 0 Å². The summed E-state index contributed by atoms with van der Waals surface area (Å²) in [4.78, 5) is 16.4. The number of carbonyl (C=O) groups excluding carboxylic acids is 1. The van der Waals surface area contributed by atoms with Crippen molar-refractivity contribution in [2.24, 2.45) is 0 Å². The van der Waals surface area contributed by atoms with Gasteiger partial charge < -0.3 is 5.32 Å². The summed E-state index contributed by atoms with van der Waals surface area (Å²) in [7, 11) is 0. The highest BCUT2D eigenvalue weighted by molar-refractivity contribution is 9.10. The van der Waals surface area contributed by atoms with Gasteiger partial charge in [0.1, 0.15) is 5.69 Å². The molecule has 2 rings (SSSR count). The number of rotatable bonds is 4. The van der Waals surface area contributed by atoms with E-state index in [0.717, 1.165) is 17.7 Å². The number of nitrogens with zero attached hydrogens (tertiary/aromatic N) is 3. The summed E-state index contributed by atoms with van der Waals surface area (Å²) in [6.45, 7) is 4.62. The van der Waals surface area contributed by atoms with Crippen molar-refractivity contribution >= 4 is 27.5 Å². The van der Waals surface area contributed by atoms with Gasteiger partial charge in [0.2, 0.25) is 0 Å². The fourth-order valence-corrected chi connectivity index (χ4v) is 2.32. The van der Waals surface area contributed by atoms with Gasteiger partial charge in [0, 0.05) is 24.6 Å². The second kappa shape index (κ2) is 5.97.